The van der Waals surface area contributed by atoms with Gasteiger partial charge in [-0.1, -0.05) is 13.8 Å². The summed E-state index contributed by atoms with van der Waals surface area (Å²) in [6.45, 7) is 10.6. The van der Waals surface area contributed by atoms with Crippen LogP contribution in [0.2, 0.25) is 0 Å². The maximum absolute atomic E-state index is 12.3. The average Bonchev–Trinajstić information content (AvgIpc) is 3.00. The van der Waals surface area contributed by atoms with Crippen molar-refractivity contribution in [3.05, 3.63) is 34.3 Å². The molecule has 0 aliphatic carbocycles. The number of hydrogen-bond donors (Lipinski definition) is 0. The van der Waals surface area contributed by atoms with Gasteiger partial charge in [-0.2, -0.15) is 10.2 Å². The number of aromatic nitrogens is 5. The average molecular weight is 291 g/mol. The zero-order chi connectivity index (χ0) is 15.6. The lowest BCUT2D eigenvalue weighted by Gasteiger charge is -2.12. The molecule has 0 unspecified atom stereocenters. The van der Waals surface area contributed by atoms with E-state index in [2.05, 4.69) is 24.0 Å². The summed E-state index contributed by atoms with van der Waals surface area (Å²) in [5, 5.41) is 8.92. The lowest BCUT2D eigenvalue weighted by atomic mass is 10.2. The lowest BCUT2D eigenvalue weighted by molar-refractivity contribution is 0.424. The quantitative estimate of drug-likeness (QED) is 0.822. The summed E-state index contributed by atoms with van der Waals surface area (Å²) < 4.78 is 5.20. The van der Waals surface area contributed by atoms with Gasteiger partial charge in [-0.3, -0.25) is 9.25 Å². The van der Waals surface area contributed by atoms with E-state index in [1.807, 2.05) is 37.7 Å². The van der Waals surface area contributed by atoms with Gasteiger partial charge >= 0.3 is 5.69 Å². The van der Waals surface area contributed by atoms with Gasteiger partial charge in [0.1, 0.15) is 5.82 Å². The zero-order valence-corrected chi connectivity index (χ0v) is 13.6. The molecule has 2 aromatic heterocycles. The van der Waals surface area contributed by atoms with Crippen LogP contribution in [0, 0.1) is 6.92 Å². The first-order chi connectivity index (χ1) is 9.97. The Morgan fingerprint density at radius 2 is 1.86 bits per heavy atom. The standard InChI is InChI=1S/C15H25N5O/c1-6-14(7-2)19-9-8-13(17-19)10-18-12(5)16-20(11(3)4)15(18)21/h8-9,11,14H,6-7,10H2,1-5H3. The fourth-order valence-corrected chi connectivity index (χ4v) is 2.52. The normalized spacial score (nSPS) is 11.8. The predicted octanol–water partition coefficient (Wildman–Crippen LogP) is 2.54. The van der Waals surface area contributed by atoms with E-state index in [0.29, 0.717) is 12.6 Å². The number of nitrogens with zero attached hydrogens (tertiary/aromatic N) is 5. The van der Waals surface area contributed by atoms with Gasteiger partial charge in [-0.25, -0.2) is 9.48 Å². The smallest absolute Gasteiger partial charge is 0.273 e. The minimum absolute atomic E-state index is 0.0690. The van der Waals surface area contributed by atoms with Crippen molar-refractivity contribution >= 4 is 0 Å². The molecular weight excluding hydrogens is 266 g/mol. The summed E-state index contributed by atoms with van der Waals surface area (Å²) in [4.78, 5) is 12.3. The summed E-state index contributed by atoms with van der Waals surface area (Å²) in [6, 6.07) is 2.48. The second-order valence-electron chi connectivity index (χ2n) is 5.71. The molecule has 0 saturated carbocycles. The van der Waals surface area contributed by atoms with Crippen molar-refractivity contribution in [3.63, 3.8) is 0 Å². The molecule has 0 fully saturated rings. The molecule has 0 amide bonds. The summed E-state index contributed by atoms with van der Waals surface area (Å²) in [5.74, 6) is 0.728. The Bertz CT molecular complexity index is 645. The van der Waals surface area contributed by atoms with Crippen molar-refractivity contribution < 1.29 is 0 Å². The van der Waals surface area contributed by atoms with E-state index < -0.39 is 0 Å². The molecule has 0 bridgehead atoms. The largest absolute Gasteiger partial charge is 0.346 e. The zero-order valence-electron chi connectivity index (χ0n) is 13.6. The molecule has 0 aliphatic heterocycles. The molecule has 2 rings (SSSR count). The maximum atomic E-state index is 12.3. The summed E-state index contributed by atoms with van der Waals surface area (Å²) >= 11 is 0. The molecule has 0 aromatic carbocycles. The second-order valence-corrected chi connectivity index (χ2v) is 5.71. The highest BCUT2D eigenvalue weighted by Gasteiger charge is 2.14. The van der Waals surface area contributed by atoms with E-state index >= 15 is 0 Å². The number of hydrogen-bond acceptors (Lipinski definition) is 3. The van der Waals surface area contributed by atoms with E-state index in [-0.39, 0.29) is 11.7 Å². The van der Waals surface area contributed by atoms with Crippen molar-refractivity contribution in [1.82, 2.24) is 24.1 Å². The molecule has 0 radical (unpaired) electrons. The summed E-state index contributed by atoms with van der Waals surface area (Å²) in [6.07, 6.45) is 4.12. The van der Waals surface area contributed by atoms with Crippen LogP contribution in [0.4, 0.5) is 0 Å². The predicted molar refractivity (Wildman–Crippen MR) is 82.6 cm³/mol. The van der Waals surface area contributed by atoms with Crippen molar-refractivity contribution in [1.29, 1.82) is 0 Å². The Morgan fingerprint density at radius 3 is 2.38 bits per heavy atom. The van der Waals surface area contributed by atoms with Crippen LogP contribution in [-0.2, 0) is 6.54 Å². The second kappa shape index (κ2) is 6.28. The Morgan fingerprint density at radius 1 is 1.19 bits per heavy atom. The van der Waals surface area contributed by atoms with Gasteiger partial charge < -0.3 is 0 Å². The first kappa shape index (κ1) is 15.5. The Labute approximate surface area is 125 Å². The molecule has 0 N–H and O–H groups in total. The number of aryl methyl sites for hydroxylation is 1. The van der Waals surface area contributed by atoms with Gasteiger partial charge in [0, 0.05) is 6.20 Å². The minimum atomic E-state index is -0.0698. The minimum Gasteiger partial charge on any atom is -0.273 e. The molecule has 6 nitrogen and oxygen atoms in total. The molecule has 6 heteroatoms. The van der Waals surface area contributed by atoms with E-state index in [9.17, 15) is 4.79 Å². The van der Waals surface area contributed by atoms with Gasteiger partial charge in [0.15, 0.2) is 0 Å². The van der Waals surface area contributed by atoms with Crippen LogP contribution >= 0.6 is 0 Å². The molecule has 2 aromatic rings. The van der Waals surface area contributed by atoms with E-state index in [1.165, 1.54) is 4.68 Å². The number of rotatable bonds is 6. The van der Waals surface area contributed by atoms with Crippen molar-refractivity contribution in [2.75, 3.05) is 0 Å². The van der Waals surface area contributed by atoms with Gasteiger partial charge in [0.25, 0.3) is 0 Å². The molecule has 2 heterocycles. The molecule has 0 saturated heterocycles. The Hall–Kier alpha value is -1.85. The summed E-state index contributed by atoms with van der Waals surface area (Å²) in [5.41, 5.74) is 0.829. The highest BCUT2D eigenvalue weighted by Crippen LogP contribution is 2.14. The molecule has 0 atom stereocenters. The third kappa shape index (κ3) is 3.09. The van der Waals surface area contributed by atoms with Crippen LogP contribution in [0.25, 0.3) is 0 Å². The van der Waals surface area contributed by atoms with Gasteiger partial charge in [-0.15, -0.1) is 0 Å². The van der Waals surface area contributed by atoms with Crippen LogP contribution in [-0.4, -0.2) is 24.1 Å². The monoisotopic (exact) mass is 291 g/mol. The SMILES string of the molecule is CCC(CC)n1ccc(Cn2c(C)nn(C(C)C)c2=O)n1. The third-order valence-electron chi connectivity index (χ3n) is 3.86. The van der Waals surface area contributed by atoms with Crippen LogP contribution in [0.15, 0.2) is 17.1 Å². The van der Waals surface area contributed by atoms with Crippen molar-refractivity contribution in [3.8, 4) is 0 Å². The van der Waals surface area contributed by atoms with Gasteiger partial charge in [0.05, 0.1) is 24.3 Å². The van der Waals surface area contributed by atoms with Crippen LogP contribution in [0.5, 0.6) is 0 Å². The lowest BCUT2D eigenvalue weighted by Crippen LogP contribution is -2.27. The Balaban J connectivity index is 2.25. The molecule has 116 valence electrons. The summed E-state index contributed by atoms with van der Waals surface area (Å²) in [7, 11) is 0. The molecule has 21 heavy (non-hydrogen) atoms. The first-order valence-corrected chi connectivity index (χ1v) is 7.67. The highest BCUT2D eigenvalue weighted by atomic mass is 16.2. The van der Waals surface area contributed by atoms with Crippen LogP contribution in [0.1, 0.15) is 64.1 Å². The molecule has 0 aliphatic rings. The van der Waals surface area contributed by atoms with Crippen molar-refractivity contribution in [2.24, 2.45) is 0 Å². The topological polar surface area (TPSA) is 57.6 Å². The molecular formula is C15H25N5O. The van der Waals surface area contributed by atoms with Gasteiger partial charge in [-0.05, 0) is 39.7 Å². The van der Waals surface area contributed by atoms with Crippen LogP contribution < -0.4 is 5.69 Å². The third-order valence-corrected chi connectivity index (χ3v) is 3.86. The van der Waals surface area contributed by atoms with Crippen LogP contribution in [0.3, 0.4) is 0 Å². The fraction of sp³-hybridized carbons (Fsp3) is 0.667. The van der Waals surface area contributed by atoms with Crippen molar-refractivity contribution in [2.45, 2.75) is 66.1 Å². The maximum Gasteiger partial charge on any atom is 0.346 e. The first-order valence-electron chi connectivity index (χ1n) is 7.67. The van der Waals surface area contributed by atoms with Gasteiger partial charge in [0.2, 0.25) is 0 Å². The Kier molecular flexibility index (Phi) is 4.65. The van der Waals surface area contributed by atoms with E-state index in [0.717, 1.165) is 24.4 Å². The molecule has 0 spiro atoms. The fourth-order valence-electron chi connectivity index (χ4n) is 2.52. The highest BCUT2D eigenvalue weighted by molar-refractivity contribution is 5.02. The van der Waals surface area contributed by atoms with E-state index in [1.54, 1.807) is 4.57 Å². The van der Waals surface area contributed by atoms with E-state index in [4.69, 9.17) is 0 Å².